The quantitative estimate of drug-likeness (QED) is 0.765. The van der Waals surface area contributed by atoms with Crippen molar-refractivity contribution in [1.82, 2.24) is 0 Å². The minimum atomic E-state index is -0.631. The molecule has 0 aliphatic heterocycles. The zero-order valence-corrected chi connectivity index (χ0v) is 10.4. The SMILES string of the molecule is COCCOCC(O)Cc1ccc(F)c(Cl)c1. The molecule has 1 N–H and O–H groups in total. The lowest BCUT2D eigenvalue weighted by molar-refractivity contribution is 0.0137. The van der Waals surface area contributed by atoms with Gasteiger partial charge in [-0.05, 0) is 17.7 Å². The van der Waals surface area contributed by atoms with Crippen molar-refractivity contribution in [1.29, 1.82) is 0 Å². The summed E-state index contributed by atoms with van der Waals surface area (Å²) in [7, 11) is 1.58. The number of halogens is 2. The van der Waals surface area contributed by atoms with Crippen molar-refractivity contribution in [2.24, 2.45) is 0 Å². The highest BCUT2D eigenvalue weighted by Crippen LogP contribution is 2.17. The number of hydrogen-bond acceptors (Lipinski definition) is 3. The fraction of sp³-hybridized carbons (Fsp3) is 0.500. The lowest BCUT2D eigenvalue weighted by Gasteiger charge is -2.11. The monoisotopic (exact) mass is 262 g/mol. The van der Waals surface area contributed by atoms with Crippen LogP contribution in [-0.4, -0.2) is 38.1 Å². The molecule has 17 heavy (non-hydrogen) atoms. The molecule has 1 atom stereocenters. The highest BCUT2D eigenvalue weighted by Gasteiger charge is 2.08. The molecule has 5 heteroatoms. The van der Waals surface area contributed by atoms with Gasteiger partial charge in [-0.2, -0.15) is 0 Å². The van der Waals surface area contributed by atoms with Crippen LogP contribution in [0.1, 0.15) is 5.56 Å². The van der Waals surface area contributed by atoms with Crippen LogP contribution in [0.15, 0.2) is 18.2 Å². The van der Waals surface area contributed by atoms with Crippen LogP contribution in [-0.2, 0) is 15.9 Å². The maximum absolute atomic E-state index is 12.9. The van der Waals surface area contributed by atoms with E-state index in [9.17, 15) is 9.50 Å². The van der Waals surface area contributed by atoms with Crippen LogP contribution in [0.25, 0.3) is 0 Å². The summed E-state index contributed by atoms with van der Waals surface area (Å²) in [5, 5.41) is 9.72. The molecule has 1 rings (SSSR count). The van der Waals surface area contributed by atoms with Crippen LogP contribution >= 0.6 is 11.6 Å². The van der Waals surface area contributed by atoms with E-state index >= 15 is 0 Å². The topological polar surface area (TPSA) is 38.7 Å². The molecule has 0 saturated carbocycles. The summed E-state index contributed by atoms with van der Waals surface area (Å²) in [6.45, 7) is 1.16. The molecule has 0 heterocycles. The van der Waals surface area contributed by atoms with Crippen molar-refractivity contribution in [2.75, 3.05) is 26.9 Å². The largest absolute Gasteiger partial charge is 0.390 e. The Morgan fingerprint density at radius 2 is 2.18 bits per heavy atom. The van der Waals surface area contributed by atoms with Crippen LogP contribution < -0.4 is 0 Å². The second kappa shape index (κ2) is 7.61. The maximum atomic E-state index is 12.9. The number of ether oxygens (including phenoxy) is 2. The van der Waals surface area contributed by atoms with E-state index in [1.54, 1.807) is 13.2 Å². The second-order valence-corrected chi connectivity index (χ2v) is 4.08. The van der Waals surface area contributed by atoms with E-state index in [2.05, 4.69) is 0 Å². The average molecular weight is 263 g/mol. The van der Waals surface area contributed by atoms with Gasteiger partial charge in [0.25, 0.3) is 0 Å². The van der Waals surface area contributed by atoms with Gasteiger partial charge in [-0.15, -0.1) is 0 Å². The van der Waals surface area contributed by atoms with Gasteiger partial charge >= 0.3 is 0 Å². The molecule has 0 fully saturated rings. The van der Waals surface area contributed by atoms with Crippen LogP contribution in [0.3, 0.4) is 0 Å². The Bertz CT molecular complexity index is 347. The van der Waals surface area contributed by atoms with Crippen LogP contribution in [0.2, 0.25) is 5.02 Å². The minimum absolute atomic E-state index is 0.0648. The molecule has 0 bridgehead atoms. The molecule has 0 aromatic heterocycles. The van der Waals surface area contributed by atoms with Gasteiger partial charge in [0, 0.05) is 13.5 Å². The summed E-state index contributed by atoms with van der Waals surface area (Å²) in [5.74, 6) is -0.457. The van der Waals surface area contributed by atoms with Gasteiger partial charge in [0.1, 0.15) is 5.82 Å². The predicted octanol–water partition coefficient (Wildman–Crippen LogP) is 2.05. The number of hydrogen-bond donors (Lipinski definition) is 1. The molecule has 1 aromatic rings. The maximum Gasteiger partial charge on any atom is 0.141 e. The molecule has 0 amide bonds. The third-order valence-electron chi connectivity index (χ3n) is 2.20. The Labute approximate surface area is 105 Å². The minimum Gasteiger partial charge on any atom is -0.390 e. The smallest absolute Gasteiger partial charge is 0.141 e. The number of methoxy groups -OCH3 is 1. The first kappa shape index (κ1) is 14.4. The van der Waals surface area contributed by atoms with Crippen LogP contribution in [0, 0.1) is 5.82 Å². The lowest BCUT2D eigenvalue weighted by Crippen LogP contribution is -2.19. The van der Waals surface area contributed by atoms with Gasteiger partial charge in [-0.25, -0.2) is 4.39 Å². The normalized spacial score (nSPS) is 12.7. The molecule has 1 aromatic carbocycles. The zero-order chi connectivity index (χ0) is 12.7. The fourth-order valence-corrected chi connectivity index (χ4v) is 1.56. The third kappa shape index (κ3) is 5.46. The van der Waals surface area contributed by atoms with Gasteiger partial charge < -0.3 is 14.6 Å². The van der Waals surface area contributed by atoms with Gasteiger partial charge in [0.15, 0.2) is 0 Å². The van der Waals surface area contributed by atoms with E-state index in [1.165, 1.54) is 12.1 Å². The molecule has 3 nitrogen and oxygen atoms in total. The highest BCUT2D eigenvalue weighted by molar-refractivity contribution is 6.30. The van der Waals surface area contributed by atoms with E-state index in [0.29, 0.717) is 19.6 Å². The van der Waals surface area contributed by atoms with Gasteiger partial charge in [-0.1, -0.05) is 17.7 Å². The first-order valence-electron chi connectivity index (χ1n) is 5.32. The number of rotatable bonds is 7. The zero-order valence-electron chi connectivity index (χ0n) is 9.66. The van der Waals surface area contributed by atoms with Gasteiger partial charge in [-0.3, -0.25) is 0 Å². The molecule has 1 unspecified atom stereocenters. The molecule has 0 aliphatic rings. The fourth-order valence-electron chi connectivity index (χ4n) is 1.36. The van der Waals surface area contributed by atoms with Crippen molar-refractivity contribution >= 4 is 11.6 Å². The molecule has 0 aliphatic carbocycles. The summed E-state index contributed by atoms with van der Waals surface area (Å²) >= 11 is 5.64. The Morgan fingerprint density at radius 1 is 1.41 bits per heavy atom. The summed E-state index contributed by atoms with van der Waals surface area (Å²) < 4.78 is 22.9. The molecular formula is C12H16ClFO3. The van der Waals surface area contributed by atoms with E-state index in [0.717, 1.165) is 5.56 Å². The van der Waals surface area contributed by atoms with Crippen molar-refractivity contribution < 1.29 is 19.0 Å². The highest BCUT2D eigenvalue weighted by atomic mass is 35.5. The molecule has 0 spiro atoms. The summed E-state index contributed by atoms with van der Waals surface area (Å²) in [5.41, 5.74) is 0.777. The summed E-state index contributed by atoms with van der Waals surface area (Å²) in [6, 6.07) is 4.39. The van der Waals surface area contributed by atoms with E-state index in [1.807, 2.05) is 0 Å². The van der Waals surface area contributed by atoms with Gasteiger partial charge in [0.2, 0.25) is 0 Å². The summed E-state index contributed by atoms with van der Waals surface area (Å²) in [6.07, 6.45) is -0.249. The molecule has 0 saturated heterocycles. The van der Waals surface area contributed by atoms with Crippen molar-refractivity contribution in [3.63, 3.8) is 0 Å². The number of aliphatic hydroxyl groups is 1. The van der Waals surface area contributed by atoms with Crippen molar-refractivity contribution in [3.8, 4) is 0 Å². The second-order valence-electron chi connectivity index (χ2n) is 3.67. The molecule has 0 radical (unpaired) electrons. The average Bonchev–Trinajstić information content (AvgIpc) is 2.30. The Morgan fingerprint density at radius 3 is 2.82 bits per heavy atom. The van der Waals surface area contributed by atoms with Crippen molar-refractivity contribution in [2.45, 2.75) is 12.5 Å². The Hall–Kier alpha value is -0.680. The molecular weight excluding hydrogens is 247 g/mol. The van der Waals surface area contributed by atoms with Crippen molar-refractivity contribution in [3.05, 3.63) is 34.6 Å². The van der Waals surface area contributed by atoms with Crippen LogP contribution in [0.4, 0.5) is 4.39 Å². The summed E-state index contributed by atoms with van der Waals surface area (Å²) in [4.78, 5) is 0. The predicted molar refractivity (Wildman–Crippen MR) is 63.8 cm³/mol. The van der Waals surface area contributed by atoms with E-state index < -0.39 is 11.9 Å². The first-order chi connectivity index (χ1) is 8.13. The first-order valence-corrected chi connectivity index (χ1v) is 5.70. The van der Waals surface area contributed by atoms with Gasteiger partial charge in [0.05, 0.1) is 30.9 Å². The number of benzene rings is 1. The standard InChI is InChI=1S/C12H16ClFO3/c1-16-4-5-17-8-10(15)6-9-2-3-12(14)11(13)7-9/h2-3,7,10,15H,4-6,8H2,1H3. The molecule has 96 valence electrons. The third-order valence-corrected chi connectivity index (χ3v) is 2.49. The Balaban J connectivity index is 2.34. The number of aliphatic hydroxyl groups excluding tert-OH is 1. The Kier molecular flexibility index (Phi) is 6.44. The van der Waals surface area contributed by atoms with E-state index in [-0.39, 0.29) is 11.6 Å². The van der Waals surface area contributed by atoms with Crippen LogP contribution in [0.5, 0.6) is 0 Å². The lowest BCUT2D eigenvalue weighted by atomic mass is 10.1. The van der Waals surface area contributed by atoms with E-state index in [4.69, 9.17) is 21.1 Å².